The lowest BCUT2D eigenvalue weighted by atomic mass is 9.85. The molecule has 2 aliphatic heterocycles. The molecule has 2 aromatic carbocycles. The van der Waals surface area contributed by atoms with E-state index in [9.17, 15) is 9.59 Å². The predicted octanol–water partition coefficient (Wildman–Crippen LogP) is 4.48. The topological polar surface area (TPSA) is 66.0 Å². The molecule has 7 heteroatoms. The Hall–Kier alpha value is -3.71. The van der Waals surface area contributed by atoms with Gasteiger partial charge in [-0.1, -0.05) is 54.6 Å². The number of carbonyl (C=O) groups is 2. The molecule has 7 nitrogen and oxygen atoms in total. The largest absolute Gasteiger partial charge is 0.494 e. The summed E-state index contributed by atoms with van der Waals surface area (Å²) in [4.78, 5) is 37.5. The molecule has 0 aliphatic carbocycles. The molecule has 1 aromatic heterocycles. The first kappa shape index (κ1) is 24.0. The number of pyridine rings is 1. The Balaban J connectivity index is 1.37. The molecule has 2 saturated heterocycles. The SMILES string of the molecule is CCOc1ccccc1CN1CCC2(CC1)C(=O)N(Cc1ccccn1)C(=O)N2Cc1ccccc1. The number of nitrogens with zero attached hydrogens (tertiary/aromatic N) is 4. The van der Waals surface area contributed by atoms with Crippen molar-refractivity contribution in [3.8, 4) is 5.75 Å². The Morgan fingerprint density at radius 2 is 1.58 bits per heavy atom. The van der Waals surface area contributed by atoms with Gasteiger partial charge in [0, 0.05) is 37.9 Å². The second-order valence-electron chi connectivity index (χ2n) is 9.42. The van der Waals surface area contributed by atoms with Crippen molar-refractivity contribution in [1.29, 1.82) is 0 Å². The van der Waals surface area contributed by atoms with E-state index >= 15 is 0 Å². The van der Waals surface area contributed by atoms with Crippen molar-refractivity contribution in [1.82, 2.24) is 19.7 Å². The molecular formula is C29H32N4O3. The molecule has 3 amide bonds. The van der Waals surface area contributed by atoms with E-state index in [-0.39, 0.29) is 18.5 Å². The first-order chi connectivity index (χ1) is 17.6. The van der Waals surface area contributed by atoms with Gasteiger partial charge in [0.05, 0.1) is 18.8 Å². The number of ether oxygens (including phenoxy) is 1. The number of rotatable bonds is 8. The van der Waals surface area contributed by atoms with Crippen molar-refractivity contribution in [2.75, 3.05) is 19.7 Å². The molecule has 1 spiro atoms. The Morgan fingerprint density at radius 3 is 2.31 bits per heavy atom. The normalized spacial score (nSPS) is 17.7. The Morgan fingerprint density at radius 1 is 0.861 bits per heavy atom. The van der Waals surface area contributed by atoms with Crippen molar-refractivity contribution < 1.29 is 14.3 Å². The van der Waals surface area contributed by atoms with Gasteiger partial charge in [0.15, 0.2) is 0 Å². The number of imide groups is 1. The highest BCUT2D eigenvalue weighted by Crippen LogP contribution is 2.39. The van der Waals surface area contributed by atoms with E-state index in [4.69, 9.17) is 4.74 Å². The molecular weight excluding hydrogens is 452 g/mol. The number of benzene rings is 2. The van der Waals surface area contributed by atoms with Gasteiger partial charge in [-0.25, -0.2) is 4.79 Å². The number of para-hydroxylation sites is 1. The van der Waals surface area contributed by atoms with E-state index in [0.717, 1.165) is 36.5 Å². The summed E-state index contributed by atoms with van der Waals surface area (Å²) < 4.78 is 5.81. The fourth-order valence-corrected chi connectivity index (χ4v) is 5.30. The Kier molecular flexibility index (Phi) is 7.00. The molecule has 0 saturated carbocycles. The van der Waals surface area contributed by atoms with Crippen LogP contribution in [-0.2, 0) is 24.4 Å². The molecule has 3 aromatic rings. The number of aromatic nitrogens is 1. The van der Waals surface area contributed by atoms with Crippen LogP contribution in [0.3, 0.4) is 0 Å². The second kappa shape index (κ2) is 10.5. The lowest BCUT2D eigenvalue weighted by Gasteiger charge is -2.42. The van der Waals surface area contributed by atoms with Crippen molar-refractivity contribution in [2.24, 2.45) is 0 Å². The number of hydrogen-bond acceptors (Lipinski definition) is 5. The molecule has 36 heavy (non-hydrogen) atoms. The monoisotopic (exact) mass is 484 g/mol. The van der Waals surface area contributed by atoms with Gasteiger partial charge in [0.2, 0.25) is 0 Å². The van der Waals surface area contributed by atoms with Crippen LogP contribution in [-0.4, -0.2) is 56.9 Å². The average Bonchev–Trinajstić information content (AvgIpc) is 3.09. The molecule has 0 radical (unpaired) electrons. The first-order valence-corrected chi connectivity index (χ1v) is 12.6. The van der Waals surface area contributed by atoms with E-state index in [0.29, 0.717) is 31.7 Å². The molecule has 2 fully saturated rings. The number of hydrogen-bond donors (Lipinski definition) is 0. The van der Waals surface area contributed by atoms with Crippen LogP contribution >= 0.6 is 0 Å². The van der Waals surface area contributed by atoms with Crippen molar-refractivity contribution >= 4 is 11.9 Å². The minimum atomic E-state index is -0.836. The Bertz CT molecular complexity index is 1190. The summed E-state index contributed by atoms with van der Waals surface area (Å²) in [6, 6.07) is 23.3. The zero-order valence-electron chi connectivity index (χ0n) is 20.7. The van der Waals surface area contributed by atoms with Gasteiger partial charge >= 0.3 is 6.03 Å². The van der Waals surface area contributed by atoms with E-state index in [1.54, 1.807) is 11.1 Å². The molecule has 0 N–H and O–H groups in total. The van der Waals surface area contributed by atoms with Crippen LogP contribution in [0.25, 0.3) is 0 Å². The zero-order valence-corrected chi connectivity index (χ0v) is 20.7. The van der Waals surface area contributed by atoms with Crippen LogP contribution < -0.4 is 4.74 Å². The predicted molar refractivity (Wildman–Crippen MR) is 137 cm³/mol. The number of amides is 3. The van der Waals surface area contributed by atoms with Crippen LogP contribution in [0.4, 0.5) is 4.79 Å². The summed E-state index contributed by atoms with van der Waals surface area (Å²) in [5, 5.41) is 0. The summed E-state index contributed by atoms with van der Waals surface area (Å²) >= 11 is 0. The minimum Gasteiger partial charge on any atom is -0.494 e. The Labute approximate surface area is 212 Å². The number of carbonyl (C=O) groups excluding carboxylic acids is 2. The van der Waals surface area contributed by atoms with Gasteiger partial charge in [0.25, 0.3) is 5.91 Å². The van der Waals surface area contributed by atoms with Gasteiger partial charge in [-0.15, -0.1) is 0 Å². The zero-order chi connectivity index (χ0) is 25.0. The molecule has 0 atom stereocenters. The highest BCUT2D eigenvalue weighted by Gasteiger charge is 2.57. The average molecular weight is 485 g/mol. The molecule has 186 valence electrons. The van der Waals surface area contributed by atoms with Crippen LogP contribution in [0.15, 0.2) is 79.0 Å². The molecule has 3 heterocycles. The van der Waals surface area contributed by atoms with E-state index < -0.39 is 5.54 Å². The van der Waals surface area contributed by atoms with E-state index in [1.807, 2.05) is 73.7 Å². The highest BCUT2D eigenvalue weighted by molar-refractivity contribution is 6.07. The fraction of sp³-hybridized carbons (Fsp3) is 0.345. The number of piperidine rings is 1. The van der Waals surface area contributed by atoms with Crippen LogP contribution in [0, 0.1) is 0 Å². The second-order valence-corrected chi connectivity index (χ2v) is 9.42. The summed E-state index contributed by atoms with van der Waals surface area (Å²) in [6.45, 7) is 5.42. The standard InChI is InChI=1S/C29H32N4O3/c1-2-36-26-14-7-6-12-24(26)21-31-18-15-29(16-19-31)27(34)32(22-25-13-8-9-17-30-25)28(35)33(29)20-23-10-4-3-5-11-23/h3-14,17H,2,15-16,18-22H2,1H3. The summed E-state index contributed by atoms with van der Waals surface area (Å²) in [7, 11) is 0. The quantitative estimate of drug-likeness (QED) is 0.441. The summed E-state index contributed by atoms with van der Waals surface area (Å²) in [5.74, 6) is 0.795. The van der Waals surface area contributed by atoms with Gasteiger partial charge in [-0.3, -0.25) is 19.6 Å². The van der Waals surface area contributed by atoms with Crippen molar-refractivity contribution in [2.45, 2.75) is 44.9 Å². The van der Waals surface area contributed by atoms with E-state index in [1.165, 1.54) is 4.90 Å². The molecule has 2 aliphatic rings. The van der Waals surface area contributed by atoms with Crippen LogP contribution in [0.5, 0.6) is 5.75 Å². The lowest BCUT2D eigenvalue weighted by Crippen LogP contribution is -2.56. The third-order valence-corrected chi connectivity index (χ3v) is 7.20. The number of likely N-dealkylation sites (tertiary alicyclic amines) is 1. The maximum absolute atomic E-state index is 13.9. The first-order valence-electron chi connectivity index (χ1n) is 12.6. The maximum atomic E-state index is 13.9. The number of urea groups is 1. The van der Waals surface area contributed by atoms with Crippen LogP contribution in [0.1, 0.15) is 36.6 Å². The fourth-order valence-electron chi connectivity index (χ4n) is 5.30. The van der Waals surface area contributed by atoms with E-state index in [2.05, 4.69) is 16.0 Å². The lowest BCUT2D eigenvalue weighted by molar-refractivity contribution is -0.136. The molecule has 0 unspecified atom stereocenters. The van der Waals surface area contributed by atoms with Gasteiger partial charge in [-0.2, -0.15) is 0 Å². The third-order valence-electron chi connectivity index (χ3n) is 7.20. The van der Waals surface area contributed by atoms with Crippen molar-refractivity contribution in [3.05, 3.63) is 95.8 Å². The highest BCUT2D eigenvalue weighted by atomic mass is 16.5. The smallest absolute Gasteiger partial charge is 0.328 e. The third kappa shape index (κ3) is 4.71. The molecule has 0 bridgehead atoms. The van der Waals surface area contributed by atoms with Crippen molar-refractivity contribution in [3.63, 3.8) is 0 Å². The van der Waals surface area contributed by atoms with Gasteiger partial charge < -0.3 is 9.64 Å². The maximum Gasteiger partial charge on any atom is 0.328 e. The van der Waals surface area contributed by atoms with Gasteiger partial charge in [-0.05, 0) is 43.5 Å². The summed E-state index contributed by atoms with van der Waals surface area (Å²) in [5.41, 5.74) is 2.03. The summed E-state index contributed by atoms with van der Waals surface area (Å²) in [6.07, 6.45) is 2.89. The van der Waals surface area contributed by atoms with Crippen LogP contribution in [0.2, 0.25) is 0 Å². The van der Waals surface area contributed by atoms with Gasteiger partial charge in [0.1, 0.15) is 11.3 Å². The minimum absolute atomic E-state index is 0.108. The molecule has 5 rings (SSSR count).